The van der Waals surface area contributed by atoms with Crippen molar-refractivity contribution in [3.63, 3.8) is 0 Å². The minimum atomic E-state index is -0.147. The molecule has 1 aromatic carbocycles. The highest BCUT2D eigenvalue weighted by atomic mass is 32.1. The van der Waals surface area contributed by atoms with Crippen molar-refractivity contribution >= 4 is 23.2 Å². The van der Waals surface area contributed by atoms with E-state index in [9.17, 15) is 9.59 Å². The normalized spacial score (nSPS) is 21.4. The number of ether oxygens (including phenoxy) is 1. The molecule has 1 aromatic heterocycles. The van der Waals surface area contributed by atoms with Crippen LogP contribution >= 0.6 is 11.3 Å². The number of hydrogen-bond acceptors (Lipinski definition) is 4. The highest BCUT2D eigenvalue weighted by molar-refractivity contribution is 7.08. The van der Waals surface area contributed by atoms with Crippen LogP contribution in [0.2, 0.25) is 0 Å². The van der Waals surface area contributed by atoms with Crippen LogP contribution in [0.25, 0.3) is 0 Å². The molecule has 2 saturated heterocycles. The largest absolute Gasteiger partial charge is 0.375 e. The maximum atomic E-state index is 12.6. The second kappa shape index (κ2) is 8.45. The van der Waals surface area contributed by atoms with E-state index in [1.165, 1.54) is 0 Å². The van der Waals surface area contributed by atoms with Gasteiger partial charge in [-0.2, -0.15) is 11.3 Å². The summed E-state index contributed by atoms with van der Waals surface area (Å²) in [6.07, 6.45) is 3.65. The van der Waals surface area contributed by atoms with Gasteiger partial charge in [-0.3, -0.25) is 9.59 Å². The van der Waals surface area contributed by atoms with Gasteiger partial charge in [-0.1, -0.05) is 18.2 Å². The number of nitrogens with one attached hydrogen (secondary N) is 1. The van der Waals surface area contributed by atoms with E-state index < -0.39 is 0 Å². The molecule has 0 bridgehead atoms. The van der Waals surface area contributed by atoms with Gasteiger partial charge >= 0.3 is 0 Å². The smallest absolute Gasteiger partial charge is 0.254 e. The monoisotopic (exact) mass is 398 g/mol. The summed E-state index contributed by atoms with van der Waals surface area (Å²) < 4.78 is 6.20. The fourth-order valence-electron chi connectivity index (χ4n) is 4.27. The molecule has 0 aliphatic carbocycles. The van der Waals surface area contributed by atoms with Gasteiger partial charge in [0.1, 0.15) is 0 Å². The minimum Gasteiger partial charge on any atom is -0.375 e. The summed E-state index contributed by atoms with van der Waals surface area (Å²) in [6.45, 7) is 2.87. The Morgan fingerprint density at radius 3 is 2.64 bits per heavy atom. The molecule has 6 heteroatoms. The standard InChI is InChI=1S/C22H26N2O3S/c25-20(18-4-2-1-3-5-18)23-15-17-6-12-27-22(14-17)8-10-24(11-9-22)21(26)19-7-13-28-16-19/h1-5,7,13,16-17H,6,8-12,14-15H2,(H,23,25). The van der Waals surface area contributed by atoms with Crippen LogP contribution in [-0.2, 0) is 4.74 Å². The first kappa shape index (κ1) is 19.2. The second-order valence-corrected chi connectivity index (χ2v) is 8.55. The van der Waals surface area contributed by atoms with E-state index in [0.29, 0.717) is 18.0 Å². The van der Waals surface area contributed by atoms with Crippen LogP contribution in [0.1, 0.15) is 46.4 Å². The van der Waals surface area contributed by atoms with E-state index in [0.717, 1.165) is 50.9 Å². The molecule has 4 rings (SSSR count). The van der Waals surface area contributed by atoms with Crippen molar-refractivity contribution in [1.82, 2.24) is 10.2 Å². The molecule has 28 heavy (non-hydrogen) atoms. The van der Waals surface area contributed by atoms with Gasteiger partial charge in [0, 0.05) is 37.2 Å². The van der Waals surface area contributed by atoms with Crippen molar-refractivity contribution in [2.45, 2.75) is 31.3 Å². The number of piperidine rings is 1. The molecular weight excluding hydrogens is 372 g/mol. The molecule has 2 amide bonds. The summed E-state index contributed by atoms with van der Waals surface area (Å²) in [7, 11) is 0. The lowest BCUT2D eigenvalue weighted by molar-refractivity contribution is -0.122. The molecule has 1 unspecified atom stereocenters. The topological polar surface area (TPSA) is 58.6 Å². The Hall–Kier alpha value is -2.18. The van der Waals surface area contributed by atoms with Gasteiger partial charge in [0.2, 0.25) is 0 Å². The molecular formula is C22H26N2O3S. The van der Waals surface area contributed by atoms with E-state index in [1.807, 2.05) is 52.1 Å². The van der Waals surface area contributed by atoms with Crippen LogP contribution in [0, 0.1) is 5.92 Å². The van der Waals surface area contributed by atoms with E-state index in [1.54, 1.807) is 11.3 Å². The zero-order valence-corrected chi connectivity index (χ0v) is 16.7. The van der Waals surface area contributed by atoms with E-state index in [4.69, 9.17) is 4.74 Å². The number of carbonyl (C=O) groups excluding carboxylic acids is 2. The van der Waals surface area contributed by atoms with Crippen molar-refractivity contribution < 1.29 is 14.3 Å². The van der Waals surface area contributed by atoms with Gasteiger partial charge in [-0.05, 0) is 55.2 Å². The van der Waals surface area contributed by atoms with Crippen molar-refractivity contribution in [1.29, 1.82) is 0 Å². The lowest BCUT2D eigenvalue weighted by Gasteiger charge is -2.46. The first-order valence-electron chi connectivity index (χ1n) is 9.94. The van der Waals surface area contributed by atoms with Crippen LogP contribution in [-0.4, -0.2) is 48.6 Å². The maximum Gasteiger partial charge on any atom is 0.254 e. The quantitative estimate of drug-likeness (QED) is 0.856. The fourth-order valence-corrected chi connectivity index (χ4v) is 4.90. The third kappa shape index (κ3) is 4.28. The highest BCUT2D eigenvalue weighted by Crippen LogP contribution is 2.37. The van der Waals surface area contributed by atoms with Gasteiger partial charge in [0.15, 0.2) is 0 Å². The van der Waals surface area contributed by atoms with Crippen LogP contribution in [0.15, 0.2) is 47.2 Å². The fraction of sp³-hybridized carbons (Fsp3) is 0.455. The third-order valence-electron chi connectivity index (χ3n) is 5.91. The summed E-state index contributed by atoms with van der Waals surface area (Å²) in [4.78, 5) is 26.8. The van der Waals surface area contributed by atoms with Gasteiger partial charge in [-0.25, -0.2) is 0 Å². The van der Waals surface area contributed by atoms with Gasteiger partial charge in [0.05, 0.1) is 11.2 Å². The number of carbonyl (C=O) groups is 2. The van der Waals surface area contributed by atoms with Crippen LogP contribution in [0.4, 0.5) is 0 Å². The SMILES string of the molecule is O=C(NCC1CCOC2(CCN(C(=O)c3ccsc3)CC2)C1)c1ccccc1. The molecule has 2 aliphatic heterocycles. The Labute approximate surface area is 169 Å². The number of thiophene rings is 1. The minimum absolute atomic E-state index is 0.0164. The second-order valence-electron chi connectivity index (χ2n) is 7.77. The molecule has 0 saturated carbocycles. The first-order valence-corrected chi connectivity index (χ1v) is 10.9. The van der Waals surface area contributed by atoms with Gasteiger partial charge in [-0.15, -0.1) is 0 Å². The Bertz CT molecular complexity index is 798. The molecule has 2 aliphatic rings. The van der Waals surface area contributed by atoms with Gasteiger partial charge < -0.3 is 15.0 Å². The molecule has 1 spiro atoms. The van der Waals surface area contributed by atoms with E-state index in [2.05, 4.69) is 5.32 Å². The molecule has 2 aromatic rings. The van der Waals surface area contributed by atoms with Crippen molar-refractivity contribution in [2.24, 2.45) is 5.92 Å². The highest BCUT2D eigenvalue weighted by Gasteiger charge is 2.41. The zero-order valence-electron chi connectivity index (χ0n) is 15.9. The summed E-state index contributed by atoms with van der Waals surface area (Å²) in [5, 5.41) is 6.93. The van der Waals surface area contributed by atoms with E-state index >= 15 is 0 Å². The molecule has 148 valence electrons. The summed E-state index contributed by atoms with van der Waals surface area (Å²) in [6, 6.07) is 11.2. The Morgan fingerprint density at radius 1 is 1.14 bits per heavy atom. The Morgan fingerprint density at radius 2 is 1.93 bits per heavy atom. The van der Waals surface area contributed by atoms with Crippen LogP contribution in [0.5, 0.6) is 0 Å². The van der Waals surface area contributed by atoms with Crippen molar-refractivity contribution in [3.8, 4) is 0 Å². The van der Waals surface area contributed by atoms with Crippen LogP contribution < -0.4 is 5.32 Å². The average Bonchev–Trinajstić information content (AvgIpc) is 3.28. The molecule has 5 nitrogen and oxygen atoms in total. The number of amides is 2. The van der Waals surface area contributed by atoms with Crippen LogP contribution in [0.3, 0.4) is 0 Å². The Balaban J connectivity index is 1.29. The number of likely N-dealkylation sites (tertiary alicyclic amines) is 1. The lowest BCUT2D eigenvalue weighted by Crippen LogP contribution is -2.51. The average molecular weight is 399 g/mol. The molecule has 1 atom stereocenters. The first-order chi connectivity index (χ1) is 13.7. The molecule has 3 heterocycles. The zero-order chi connectivity index (χ0) is 19.4. The number of rotatable bonds is 4. The predicted molar refractivity (Wildman–Crippen MR) is 110 cm³/mol. The number of nitrogens with zero attached hydrogens (tertiary/aromatic N) is 1. The maximum absolute atomic E-state index is 12.6. The molecule has 0 radical (unpaired) electrons. The third-order valence-corrected chi connectivity index (χ3v) is 6.60. The Kier molecular flexibility index (Phi) is 5.78. The number of benzene rings is 1. The summed E-state index contributed by atoms with van der Waals surface area (Å²) >= 11 is 1.55. The molecule has 2 fully saturated rings. The molecule has 1 N–H and O–H groups in total. The van der Waals surface area contributed by atoms with Crippen molar-refractivity contribution in [2.75, 3.05) is 26.2 Å². The predicted octanol–water partition coefficient (Wildman–Crippen LogP) is 3.58. The summed E-state index contributed by atoms with van der Waals surface area (Å²) in [5.41, 5.74) is 1.34. The van der Waals surface area contributed by atoms with E-state index in [-0.39, 0.29) is 17.4 Å². The summed E-state index contributed by atoms with van der Waals surface area (Å²) in [5.74, 6) is 0.524. The lowest BCUT2D eigenvalue weighted by atomic mass is 9.79. The van der Waals surface area contributed by atoms with Gasteiger partial charge in [0.25, 0.3) is 11.8 Å². The number of hydrogen-bond donors (Lipinski definition) is 1. The van der Waals surface area contributed by atoms with Crippen molar-refractivity contribution in [3.05, 3.63) is 58.3 Å².